The van der Waals surface area contributed by atoms with Crippen molar-refractivity contribution >= 4 is 11.4 Å². The van der Waals surface area contributed by atoms with Crippen LogP contribution in [0.25, 0.3) is 16.9 Å². The fraction of sp³-hybridized carbons (Fsp3) is 0.188. The molecule has 1 amide bonds. The summed E-state index contributed by atoms with van der Waals surface area (Å²) in [6, 6.07) is 5.25. The number of carbonyl (C=O) groups is 1. The Hall–Kier alpha value is -3.10. The normalized spacial score (nSPS) is 11.9. The largest absolute Gasteiger partial charge is 0.419 e. The van der Waals surface area contributed by atoms with Gasteiger partial charge in [-0.3, -0.25) is 9.59 Å². The highest BCUT2D eigenvalue weighted by Gasteiger charge is 2.40. The number of carbonyl (C=O) groups excluding carboxylic acids is 1. The maximum atomic E-state index is 13.3. The number of H-pyrrole nitrogens is 1. The van der Waals surface area contributed by atoms with Crippen LogP contribution in [0.15, 0.2) is 29.2 Å². The minimum Gasteiger partial charge on any atom is -0.366 e. The van der Waals surface area contributed by atoms with E-state index in [1.165, 1.54) is 0 Å². The van der Waals surface area contributed by atoms with E-state index in [0.717, 1.165) is 21.8 Å². The lowest BCUT2D eigenvalue weighted by molar-refractivity contribution is -0.136. The van der Waals surface area contributed by atoms with E-state index in [9.17, 15) is 22.8 Å². The van der Waals surface area contributed by atoms with Gasteiger partial charge in [-0.15, -0.1) is 5.10 Å². The van der Waals surface area contributed by atoms with Crippen LogP contribution < -0.4 is 11.3 Å². The predicted octanol–water partition coefficient (Wildman–Crippen LogP) is 2.42. The van der Waals surface area contributed by atoms with Gasteiger partial charge in [0.15, 0.2) is 5.82 Å². The van der Waals surface area contributed by atoms with Crippen molar-refractivity contribution in [2.75, 3.05) is 0 Å². The summed E-state index contributed by atoms with van der Waals surface area (Å²) < 4.78 is 40.6. The summed E-state index contributed by atoms with van der Waals surface area (Å²) >= 11 is 0. The van der Waals surface area contributed by atoms with Crippen molar-refractivity contribution in [1.82, 2.24) is 14.6 Å². The number of primary amides is 1. The first-order valence-electron chi connectivity index (χ1n) is 7.20. The molecule has 6 nitrogen and oxygen atoms in total. The van der Waals surface area contributed by atoms with Gasteiger partial charge in [0.1, 0.15) is 11.1 Å². The lowest BCUT2D eigenvalue weighted by atomic mass is 10.1. The molecule has 0 unspecified atom stereocenters. The number of aryl methyl sites for hydroxylation is 2. The molecule has 3 rings (SSSR count). The van der Waals surface area contributed by atoms with Crippen molar-refractivity contribution in [2.45, 2.75) is 20.0 Å². The number of hydrogen-bond acceptors (Lipinski definition) is 3. The highest BCUT2D eigenvalue weighted by Crippen LogP contribution is 2.35. The molecule has 0 spiro atoms. The molecule has 0 aliphatic heterocycles. The zero-order valence-electron chi connectivity index (χ0n) is 13.2. The number of nitrogens with two attached hydrogens (primary N) is 1. The van der Waals surface area contributed by atoms with Gasteiger partial charge in [-0.05, 0) is 31.0 Å². The summed E-state index contributed by atoms with van der Waals surface area (Å²) in [5.41, 5.74) is 3.53. The summed E-state index contributed by atoms with van der Waals surface area (Å²) in [5.74, 6) is -1.20. The second-order valence-corrected chi connectivity index (χ2v) is 5.67. The Kier molecular flexibility index (Phi) is 3.66. The molecule has 0 bridgehead atoms. The summed E-state index contributed by atoms with van der Waals surface area (Å²) in [6.45, 7) is 3.76. The van der Waals surface area contributed by atoms with Gasteiger partial charge >= 0.3 is 6.18 Å². The average molecular weight is 350 g/mol. The van der Waals surface area contributed by atoms with Gasteiger partial charge in [-0.25, -0.2) is 4.52 Å². The Morgan fingerprint density at radius 2 is 1.92 bits per heavy atom. The van der Waals surface area contributed by atoms with Crippen LogP contribution in [-0.4, -0.2) is 20.5 Å². The Morgan fingerprint density at radius 3 is 2.48 bits per heavy atom. The number of halogens is 3. The van der Waals surface area contributed by atoms with Crippen LogP contribution in [0.5, 0.6) is 0 Å². The number of benzene rings is 1. The maximum absolute atomic E-state index is 13.3. The third-order valence-corrected chi connectivity index (χ3v) is 3.97. The van der Waals surface area contributed by atoms with Crippen LogP contribution in [0.4, 0.5) is 13.2 Å². The van der Waals surface area contributed by atoms with E-state index in [4.69, 9.17) is 5.73 Å². The summed E-state index contributed by atoms with van der Waals surface area (Å²) in [5, 5.41) is 4.01. The Labute approximate surface area is 139 Å². The molecular formula is C16H13F3N4O2. The van der Waals surface area contributed by atoms with E-state index < -0.39 is 34.3 Å². The third-order valence-electron chi connectivity index (χ3n) is 3.97. The lowest BCUT2D eigenvalue weighted by Gasteiger charge is -2.08. The first-order valence-corrected chi connectivity index (χ1v) is 7.20. The van der Waals surface area contributed by atoms with Gasteiger partial charge in [-0.2, -0.15) is 13.2 Å². The number of aromatic amines is 1. The number of nitrogens with one attached hydrogen (secondary N) is 1. The van der Waals surface area contributed by atoms with Gasteiger partial charge in [0.25, 0.3) is 11.5 Å². The SMILES string of the molecule is Cc1ccc(-c2nn3cc(C(N)=O)c(C(F)(F)F)c3c(=O)[nH]2)cc1C. The molecule has 3 N–H and O–H groups in total. The van der Waals surface area contributed by atoms with Crippen molar-refractivity contribution in [1.29, 1.82) is 0 Å². The quantitative estimate of drug-likeness (QED) is 0.743. The molecule has 0 saturated carbocycles. The zero-order chi connectivity index (χ0) is 18.5. The Bertz CT molecular complexity index is 1060. The van der Waals surface area contributed by atoms with Crippen molar-refractivity contribution in [3.8, 4) is 11.4 Å². The number of rotatable bonds is 2. The molecule has 0 saturated heterocycles. The van der Waals surface area contributed by atoms with Crippen molar-refractivity contribution in [3.05, 3.63) is 57.0 Å². The first-order chi connectivity index (χ1) is 11.6. The first kappa shape index (κ1) is 16.7. The number of nitrogens with zero attached hydrogens (tertiary/aromatic N) is 2. The number of fused-ring (bicyclic) bond motifs is 1. The highest BCUT2D eigenvalue weighted by atomic mass is 19.4. The van der Waals surface area contributed by atoms with E-state index in [1.54, 1.807) is 18.2 Å². The second kappa shape index (κ2) is 5.47. The minimum absolute atomic E-state index is 0.0837. The summed E-state index contributed by atoms with van der Waals surface area (Å²) in [6.07, 6.45) is -4.10. The molecule has 0 aliphatic rings. The van der Waals surface area contributed by atoms with Gasteiger partial charge in [0.05, 0.1) is 5.56 Å². The van der Waals surface area contributed by atoms with Crippen LogP contribution in [0.1, 0.15) is 27.0 Å². The monoisotopic (exact) mass is 350 g/mol. The number of amides is 1. The van der Waals surface area contributed by atoms with Crippen LogP contribution >= 0.6 is 0 Å². The summed E-state index contributed by atoms with van der Waals surface area (Å²) in [4.78, 5) is 26.0. The van der Waals surface area contributed by atoms with Crippen molar-refractivity contribution in [3.63, 3.8) is 0 Å². The molecule has 1 aromatic carbocycles. The van der Waals surface area contributed by atoms with Gasteiger partial charge < -0.3 is 10.7 Å². The van der Waals surface area contributed by atoms with Crippen LogP contribution in [0.2, 0.25) is 0 Å². The van der Waals surface area contributed by atoms with Gasteiger partial charge in [0.2, 0.25) is 0 Å². The van der Waals surface area contributed by atoms with E-state index in [1.807, 2.05) is 13.8 Å². The molecule has 3 aromatic rings. The second-order valence-electron chi connectivity index (χ2n) is 5.67. The molecule has 2 heterocycles. The predicted molar refractivity (Wildman–Crippen MR) is 84.2 cm³/mol. The molecule has 130 valence electrons. The molecule has 25 heavy (non-hydrogen) atoms. The van der Waals surface area contributed by atoms with E-state index in [-0.39, 0.29) is 5.82 Å². The standard InChI is InChI=1S/C16H13F3N4O2/c1-7-3-4-9(5-8(7)2)14-21-15(25)12-11(16(17,18)19)10(13(20)24)6-23(12)22-14/h3-6H,1-2H3,(H2,20,24)(H,21,22,25). The molecule has 0 fully saturated rings. The maximum Gasteiger partial charge on any atom is 0.419 e. The van der Waals surface area contributed by atoms with Crippen LogP contribution in [-0.2, 0) is 6.18 Å². The number of aromatic nitrogens is 3. The lowest BCUT2D eigenvalue weighted by Crippen LogP contribution is -2.20. The highest BCUT2D eigenvalue weighted by molar-refractivity contribution is 5.96. The van der Waals surface area contributed by atoms with E-state index in [0.29, 0.717) is 5.56 Å². The molecule has 2 aromatic heterocycles. The van der Waals surface area contributed by atoms with E-state index >= 15 is 0 Å². The van der Waals surface area contributed by atoms with Crippen LogP contribution in [0, 0.1) is 13.8 Å². The summed E-state index contributed by atoms with van der Waals surface area (Å²) in [7, 11) is 0. The average Bonchev–Trinajstić information content (AvgIpc) is 2.90. The molecule has 0 aliphatic carbocycles. The third kappa shape index (κ3) is 2.77. The smallest absolute Gasteiger partial charge is 0.366 e. The number of hydrogen-bond donors (Lipinski definition) is 2. The fourth-order valence-corrected chi connectivity index (χ4v) is 2.58. The number of alkyl halides is 3. The fourth-order valence-electron chi connectivity index (χ4n) is 2.58. The van der Waals surface area contributed by atoms with Crippen molar-refractivity contribution in [2.24, 2.45) is 5.73 Å². The topological polar surface area (TPSA) is 93.2 Å². The van der Waals surface area contributed by atoms with Crippen LogP contribution in [0.3, 0.4) is 0 Å². The molecule has 0 atom stereocenters. The zero-order valence-corrected chi connectivity index (χ0v) is 13.2. The van der Waals surface area contributed by atoms with Gasteiger partial charge in [0, 0.05) is 11.8 Å². The van der Waals surface area contributed by atoms with E-state index in [2.05, 4.69) is 10.1 Å². The van der Waals surface area contributed by atoms with Crippen molar-refractivity contribution < 1.29 is 18.0 Å². The Balaban J connectivity index is 2.33. The molecule has 9 heteroatoms. The molecule has 0 radical (unpaired) electrons. The Morgan fingerprint density at radius 1 is 1.24 bits per heavy atom. The molecular weight excluding hydrogens is 337 g/mol. The van der Waals surface area contributed by atoms with Gasteiger partial charge in [-0.1, -0.05) is 12.1 Å². The minimum atomic E-state index is -4.92.